The van der Waals surface area contributed by atoms with Gasteiger partial charge in [0.1, 0.15) is 0 Å². The lowest BCUT2D eigenvalue weighted by Gasteiger charge is -2.16. The van der Waals surface area contributed by atoms with Gasteiger partial charge < -0.3 is 15.7 Å². The maximum absolute atomic E-state index is 11.6. The van der Waals surface area contributed by atoms with Gasteiger partial charge in [-0.2, -0.15) is 0 Å². The molecule has 0 fully saturated rings. The van der Waals surface area contributed by atoms with Gasteiger partial charge >= 0.3 is 12.0 Å². The number of hydrogen-bond donors (Lipinski definition) is 3. The van der Waals surface area contributed by atoms with E-state index in [1.807, 2.05) is 37.3 Å². The molecule has 0 aliphatic heterocycles. The quantitative estimate of drug-likeness (QED) is 0.736. The van der Waals surface area contributed by atoms with Gasteiger partial charge in [-0.1, -0.05) is 37.3 Å². The maximum atomic E-state index is 11.6. The number of carboxylic acids is 1. The van der Waals surface area contributed by atoms with Crippen molar-refractivity contribution in [2.75, 3.05) is 6.54 Å². The molecule has 1 aromatic rings. The van der Waals surface area contributed by atoms with Crippen LogP contribution in [0.5, 0.6) is 0 Å². The smallest absolute Gasteiger partial charge is 0.315 e. The SMILES string of the molecule is CC(CNC(=O)NC(C)c1ccccc1)CC(=O)O. The Bertz CT molecular complexity index is 420. The van der Waals surface area contributed by atoms with Crippen LogP contribution in [0.2, 0.25) is 0 Å². The highest BCUT2D eigenvalue weighted by Crippen LogP contribution is 2.10. The summed E-state index contributed by atoms with van der Waals surface area (Å²) in [6.07, 6.45) is 0.0501. The largest absolute Gasteiger partial charge is 0.481 e. The third kappa shape index (κ3) is 5.90. The Morgan fingerprint density at radius 3 is 2.42 bits per heavy atom. The average Bonchev–Trinajstić information content (AvgIpc) is 2.36. The molecule has 5 heteroatoms. The molecule has 0 spiro atoms. The zero-order chi connectivity index (χ0) is 14.3. The van der Waals surface area contributed by atoms with Crippen LogP contribution in [0, 0.1) is 5.92 Å². The highest BCUT2D eigenvalue weighted by Gasteiger charge is 2.11. The Kier molecular flexibility index (Phi) is 5.85. The molecule has 0 aliphatic rings. The van der Waals surface area contributed by atoms with Gasteiger partial charge in [0.15, 0.2) is 0 Å². The van der Waals surface area contributed by atoms with Crippen LogP contribution in [0.1, 0.15) is 31.9 Å². The number of nitrogens with one attached hydrogen (secondary N) is 2. The van der Waals surface area contributed by atoms with E-state index in [2.05, 4.69) is 10.6 Å². The summed E-state index contributed by atoms with van der Waals surface area (Å²) < 4.78 is 0. The second-order valence-corrected chi connectivity index (χ2v) is 4.69. The number of carboxylic acid groups (broad SMARTS) is 1. The molecule has 1 rings (SSSR count). The first-order chi connectivity index (χ1) is 8.99. The van der Waals surface area contributed by atoms with Crippen molar-refractivity contribution in [2.24, 2.45) is 5.92 Å². The van der Waals surface area contributed by atoms with E-state index in [4.69, 9.17) is 5.11 Å². The van der Waals surface area contributed by atoms with E-state index >= 15 is 0 Å². The standard InChI is InChI=1S/C14H20N2O3/c1-10(8-13(17)18)9-15-14(19)16-11(2)12-6-4-3-5-7-12/h3-7,10-11H,8-9H2,1-2H3,(H,17,18)(H2,15,16,19). The van der Waals surface area contributed by atoms with Crippen molar-refractivity contribution < 1.29 is 14.7 Å². The van der Waals surface area contributed by atoms with E-state index in [1.54, 1.807) is 6.92 Å². The molecule has 2 amide bonds. The second kappa shape index (κ2) is 7.41. The number of rotatable bonds is 6. The van der Waals surface area contributed by atoms with Crippen LogP contribution in [0.25, 0.3) is 0 Å². The number of amides is 2. The zero-order valence-electron chi connectivity index (χ0n) is 11.2. The van der Waals surface area contributed by atoms with Gasteiger partial charge in [0.25, 0.3) is 0 Å². The fourth-order valence-electron chi connectivity index (χ4n) is 1.71. The predicted octanol–water partition coefficient (Wildman–Crippen LogP) is 2.16. The zero-order valence-corrected chi connectivity index (χ0v) is 11.2. The van der Waals surface area contributed by atoms with Crippen molar-refractivity contribution in [3.63, 3.8) is 0 Å². The van der Waals surface area contributed by atoms with Crippen molar-refractivity contribution in [2.45, 2.75) is 26.3 Å². The van der Waals surface area contributed by atoms with Crippen molar-refractivity contribution in [1.82, 2.24) is 10.6 Å². The topological polar surface area (TPSA) is 78.4 Å². The summed E-state index contributed by atoms with van der Waals surface area (Å²) >= 11 is 0. The maximum Gasteiger partial charge on any atom is 0.315 e. The van der Waals surface area contributed by atoms with Crippen molar-refractivity contribution in [1.29, 1.82) is 0 Å². The Morgan fingerprint density at radius 1 is 1.21 bits per heavy atom. The van der Waals surface area contributed by atoms with Crippen molar-refractivity contribution in [3.05, 3.63) is 35.9 Å². The fourth-order valence-corrected chi connectivity index (χ4v) is 1.71. The van der Waals surface area contributed by atoms with Gasteiger partial charge in [0, 0.05) is 13.0 Å². The summed E-state index contributed by atoms with van der Waals surface area (Å²) in [6, 6.07) is 9.27. The molecular formula is C14H20N2O3. The Hall–Kier alpha value is -2.04. The Labute approximate surface area is 113 Å². The molecule has 5 nitrogen and oxygen atoms in total. The first kappa shape index (κ1) is 15.0. The summed E-state index contributed by atoms with van der Waals surface area (Å²) in [5.74, 6) is -0.942. The minimum Gasteiger partial charge on any atom is -0.481 e. The fraction of sp³-hybridized carbons (Fsp3) is 0.429. The van der Waals surface area contributed by atoms with Crippen LogP contribution >= 0.6 is 0 Å². The summed E-state index contributed by atoms with van der Waals surface area (Å²) in [7, 11) is 0. The molecular weight excluding hydrogens is 244 g/mol. The van der Waals surface area contributed by atoms with E-state index in [9.17, 15) is 9.59 Å². The monoisotopic (exact) mass is 264 g/mol. The number of benzene rings is 1. The second-order valence-electron chi connectivity index (χ2n) is 4.69. The molecule has 0 saturated heterocycles. The van der Waals surface area contributed by atoms with Crippen LogP contribution in [0.4, 0.5) is 4.79 Å². The lowest BCUT2D eigenvalue weighted by Crippen LogP contribution is -2.39. The number of aliphatic carboxylic acids is 1. The van der Waals surface area contributed by atoms with Crippen molar-refractivity contribution in [3.8, 4) is 0 Å². The summed E-state index contributed by atoms with van der Waals surface area (Å²) in [5, 5.41) is 14.1. The van der Waals surface area contributed by atoms with Crippen LogP contribution in [0.15, 0.2) is 30.3 Å². The minimum atomic E-state index is -0.854. The molecule has 19 heavy (non-hydrogen) atoms. The average molecular weight is 264 g/mol. The van der Waals surface area contributed by atoms with Crippen LogP contribution in [0.3, 0.4) is 0 Å². The molecule has 1 aromatic carbocycles. The van der Waals surface area contributed by atoms with Gasteiger partial charge in [-0.3, -0.25) is 4.79 Å². The van der Waals surface area contributed by atoms with E-state index in [0.717, 1.165) is 5.56 Å². The summed E-state index contributed by atoms with van der Waals surface area (Å²) in [6.45, 7) is 4.03. The third-order valence-electron chi connectivity index (χ3n) is 2.78. The summed E-state index contributed by atoms with van der Waals surface area (Å²) in [5.41, 5.74) is 1.02. The van der Waals surface area contributed by atoms with Crippen molar-refractivity contribution >= 4 is 12.0 Å². The molecule has 104 valence electrons. The molecule has 0 saturated carbocycles. The van der Waals surface area contributed by atoms with Gasteiger partial charge in [0.05, 0.1) is 6.04 Å². The van der Waals surface area contributed by atoms with Crippen LogP contribution in [-0.2, 0) is 4.79 Å². The van der Waals surface area contributed by atoms with E-state index in [0.29, 0.717) is 6.54 Å². The molecule has 0 bridgehead atoms. The molecule has 0 aliphatic carbocycles. The van der Waals surface area contributed by atoms with Gasteiger partial charge in [-0.05, 0) is 18.4 Å². The molecule has 2 atom stereocenters. The lowest BCUT2D eigenvalue weighted by atomic mass is 10.1. The predicted molar refractivity (Wildman–Crippen MR) is 72.8 cm³/mol. The first-order valence-corrected chi connectivity index (χ1v) is 6.30. The first-order valence-electron chi connectivity index (χ1n) is 6.30. The minimum absolute atomic E-state index is 0.0501. The van der Waals surface area contributed by atoms with Gasteiger partial charge in [-0.25, -0.2) is 4.79 Å². The highest BCUT2D eigenvalue weighted by atomic mass is 16.4. The molecule has 0 heterocycles. The van der Waals surface area contributed by atoms with Crippen LogP contribution in [-0.4, -0.2) is 23.7 Å². The number of hydrogen-bond acceptors (Lipinski definition) is 2. The number of carbonyl (C=O) groups excluding carboxylic acids is 1. The van der Waals surface area contributed by atoms with Crippen LogP contribution < -0.4 is 10.6 Å². The Morgan fingerprint density at radius 2 is 1.84 bits per heavy atom. The number of carbonyl (C=O) groups is 2. The van der Waals surface area contributed by atoms with E-state index in [1.165, 1.54) is 0 Å². The lowest BCUT2D eigenvalue weighted by molar-refractivity contribution is -0.137. The molecule has 2 unspecified atom stereocenters. The highest BCUT2D eigenvalue weighted by molar-refractivity contribution is 5.74. The van der Waals surface area contributed by atoms with E-state index < -0.39 is 5.97 Å². The van der Waals surface area contributed by atoms with Gasteiger partial charge in [-0.15, -0.1) is 0 Å². The normalized spacial score (nSPS) is 13.4. The Balaban J connectivity index is 2.33. The number of urea groups is 1. The van der Waals surface area contributed by atoms with Gasteiger partial charge in [0.2, 0.25) is 0 Å². The molecule has 0 aromatic heterocycles. The molecule has 0 radical (unpaired) electrons. The molecule has 3 N–H and O–H groups in total. The summed E-state index contributed by atoms with van der Waals surface area (Å²) in [4.78, 5) is 22.1. The third-order valence-corrected chi connectivity index (χ3v) is 2.78. The van der Waals surface area contributed by atoms with E-state index in [-0.39, 0.29) is 24.4 Å².